The lowest BCUT2D eigenvalue weighted by molar-refractivity contribution is 0.314. The fraction of sp³-hybridized carbons (Fsp3) is 0.400. The van der Waals surface area contributed by atoms with Crippen LogP contribution >= 0.6 is 15.9 Å². The normalized spacial score (nSPS) is 11.0. The standard InChI is InChI=1S/C15H19BrN2O/c1-11(2)14-10-12(16)4-5-15(14)19-9-7-13-6-8-17-18(13)3/h4-6,8,10-11H,7,9H2,1-3H3. The van der Waals surface area contributed by atoms with E-state index in [2.05, 4.69) is 40.9 Å². The van der Waals surface area contributed by atoms with Gasteiger partial charge in [-0.25, -0.2) is 0 Å². The molecule has 0 aliphatic carbocycles. The monoisotopic (exact) mass is 322 g/mol. The van der Waals surface area contributed by atoms with Gasteiger partial charge in [0, 0.05) is 29.8 Å². The van der Waals surface area contributed by atoms with Crippen LogP contribution in [0.2, 0.25) is 0 Å². The molecule has 2 aromatic rings. The van der Waals surface area contributed by atoms with Gasteiger partial charge in [0.25, 0.3) is 0 Å². The van der Waals surface area contributed by atoms with Gasteiger partial charge in [-0.1, -0.05) is 29.8 Å². The van der Waals surface area contributed by atoms with Crippen molar-refractivity contribution < 1.29 is 4.74 Å². The molecule has 0 amide bonds. The maximum absolute atomic E-state index is 5.92. The van der Waals surface area contributed by atoms with Crippen molar-refractivity contribution in [1.82, 2.24) is 9.78 Å². The van der Waals surface area contributed by atoms with E-state index in [1.807, 2.05) is 36.1 Å². The van der Waals surface area contributed by atoms with E-state index in [4.69, 9.17) is 4.74 Å². The average Bonchev–Trinajstić information content (AvgIpc) is 2.77. The first kappa shape index (κ1) is 14.1. The van der Waals surface area contributed by atoms with Crippen LogP contribution in [0.4, 0.5) is 0 Å². The molecule has 19 heavy (non-hydrogen) atoms. The molecule has 0 atom stereocenters. The molecular weight excluding hydrogens is 304 g/mol. The summed E-state index contributed by atoms with van der Waals surface area (Å²) in [6.45, 7) is 5.02. The average molecular weight is 323 g/mol. The lowest BCUT2D eigenvalue weighted by Crippen LogP contribution is -2.07. The van der Waals surface area contributed by atoms with Crippen molar-refractivity contribution in [1.29, 1.82) is 0 Å². The molecule has 0 N–H and O–H groups in total. The van der Waals surface area contributed by atoms with E-state index >= 15 is 0 Å². The number of rotatable bonds is 5. The summed E-state index contributed by atoms with van der Waals surface area (Å²) in [6, 6.07) is 8.20. The number of aromatic nitrogens is 2. The minimum atomic E-state index is 0.448. The van der Waals surface area contributed by atoms with Crippen LogP contribution in [0, 0.1) is 0 Å². The molecule has 0 aliphatic heterocycles. The number of ether oxygens (including phenoxy) is 1. The van der Waals surface area contributed by atoms with Gasteiger partial charge in [0.2, 0.25) is 0 Å². The molecule has 0 bridgehead atoms. The largest absolute Gasteiger partial charge is 0.493 e. The Hall–Kier alpha value is -1.29. The Bertz CT molecular complexity index is 549. The van der Waals surface area contributed by atoms with Gasteiger partial charge < -0.3 is 4.74 Å². The van der Waals surface area contributed by atoms with E-state index in [0.29, 0.717) is 12.5 Å². The molecule has 3 nitrogen and oxygen atoms in total. The molecule has 0 saturated heterocycles. The highest BCUT2D eigenvalue weighted by atomic mass is 79.9. The van der Waals surface area contributed by atoms with Crippen molar-refractivity contribution in [2.24, 2.45) is 7.05 Å². The lowest BCUT2D eigenvalue weighted by atomic mass is 10.0. The molecule has 0 radical (unpaired) electrons. The minimum Gasteiger partial charge on any atom is -0.493 e. The Labute approximate surface area is 122 Å². The zero-order valence-electron chi connectivity index (χ0n) is 11.6. The fourth-order valence-electron chi connectivity index (χ4n) is 2.01. The quantitative estimate of drug-likeness (QED) is 0.834. The predicted octanol–water partition coefficient (Wildman–Crippen LogP) is 3.93. The molecule has 1 heterocycles. The first-order chi connectivity index (χ1) is 9.08. The summed E-state index contributed by atoms with van der Waals surface area (Å²) in [5, 5.41) is 4.15. The highest BCUT2D eigenvalue weighted by Gasteiger charge is 2.09. The molecular formula is C15H19BrN2O. The molecule has 0 aliphatic rings. The first-order valence-corrected chi connectivity index (χ1v) is 7.26. The van der Waals surface area contributed by atoms with Crippen molar-refractivity contribution >= 4 is 15.9 Å². The van der Waals surface area contributed by atoms with Crippen molar-refractivity contribution in [2.45, 2.75) is 26.2 Å². The van der Waals surface area contributed by atoms with Crippen LogP contribution in [-0.4, -0.2) is 16.4 Å². The Morgan fingerprint density at radius 2 is 2.11 bits per heavy atom. The van der Waals surface area contributed by atoms with Gasteiger partial charge in [0.05, 0.1) is 6.61 Å². The van der Waals surface area contributed by atoms with E-state index in [9.17, 15) is 0 Å². The number of nitrogens with zero attached hydrogens (tertiary/aromatic N) is 2. The van der Waals surface area contributed by atoms with Crippen LogP contribution < -0.4 is 4.74 Å². The molecule has 1 aromatic heterocycles. The molecule has 4 heteroatoms. The Balaban J connectivity index is 2.01. The van der Waals surface area contributed by atoms with Crippen LogP contribution in [0.15, 0.2) is 34.9 Å². The van der Waals surface area contributed by atoms with Gasteiger partial charge in [0.15, 0.2) is 0 Å². The first-order valence-electron chi connectivity index (χ1n) is 6.47. The molecule has 2 rings (SSSR count). The Kier molecular flexibility index (Phi) is 4.64. The second kappa shape index (κ2) is 6.24. The van der Waals surface area contributed by atoms with Crippen LogP contribution in [0.25, 0.3) is 0 Å². The van der Waals surface area contributed by atoms with Crippen LogP contribution in [-0.2, 0) is 13.5 Å². The highest BCUT2D eigenvalue weighted by Crippen LogP contribution is 2.29. The third-order valence-corrected chi connectivity index (χ3v) is 3.63. The topological polar surface area (TPSA) is 27.1 Å². The second-order valence-electron chi connectivity index (χ2n) is 4.88. The van der Waals surface area contributed by atoms with Crippen LogP contribution in [0.1, 0.15) is 31.0 Å². The van der Waals surface area contributed by atoms with Gasteiger partial charge in [0.1, 0.15) is 5.75 Å². The van der Waals surface area contributed by atoms with Crippen molar-refractivity contribution in [3.8, 4) is 5.75 Å². The van der Waals surface area contributed by atoms with Crippen LogP contribution in [0.5, 0.6) is 5.75 Å². The van der Waals surface area contributed by atoms with Crippen molar-refractivity contribution in [3.05, 3.63) is 46.2 Å². The van der Waals surface area contributed by atoms with Gasteiger partial charge in [-0.05, 0) is 35.7 Å². The molecule has 1 aromatic carbocycles. The van der Waals surface area contributed by atoms with Gasteiger partial charge in [-0.15, -0.1) is 0 Å². The zero-order valence-corrected chi connectivity index (χ0v) is 13.1. The summed E-state index contributed by atoms with van der Waals surface area (Å²) in [5.41, 5.74) is 2.42. The highest BCUT2D eigenvalue weighted by molar-refractivity contribution is 9.10. The molecule has 0 saturated carbocycles. The molecule has 0 spiro atoms. The minimum absolute atomic E-state index is 0.448. The van der Waals surface area contributed by atoms with E-state index < -0.39 is 0 Å². The van der Waals surface area contributed by atoms with Crippen molar-refractivity contribution in [2.75, 3.05) is 6.61 Å². The van der Waals surface area contributed by atoms with Crippen LogP contribution in [0.3, 0.4) is 0 Å². The summed E-state index contributed by atoms with van der Waals surface area (Å²) in [5.74, 6) is 1.42. The molecule has 102 valence electrons. The van der Waals surface area contributed by atoms with E-state index in [1.54, 1.807) is 0 Å². The maximum Gasteiger partial charge on any atom is 0.122 e. The maximum atomic E-state index is 5.92. The number of hydrogen-bond donors (Lipinski definition) is 0. The zero-order chi connectivity index (χ0) is 13.8. The van der Waals surface area contributed by atoms with E-state index in [0.717, 1.165) is 16.6 Å². The molecule has 0 fully saturated rings. The number of hydrogen-bond acceptors (Lipinski definition) is 2. The third-order valence-electron chi connectivity index (χ3n) is 3.13. The molecule has 0 unspecified atom stereocenters. The number of benzene rings is 1. The van der Waals surface area contributed by atoms with E-state index in [1.165, 1.54) is 11.3 Å². The van der Waals surface area contributed by atoms with Gasteiger partial charge in [-0.3, -0.25) is 4.68 Å². The SMILES string of the molecule is CC(C)c1cc(Br)ccc1OCCc1ccnn1C. The van der Waals surface area contributed by atoms with Gasteiger partial charge >= 0.3 is 0 Å². The summed E-state index contributed by atoms with van der Waals surface area (Å²) in [7, 11) is 1.95. The smallest absolute Gasteiger partial charge is 0.122 e. The van der Waals surface area contributed by atoms with Gasteiger partial charge in [-0.2, -0.15) is 5.10 Å². The summed E-state index contributed by atoms with van der Waals surface area (Å²) >= 11 is 3.51. The van der Waals surface area contributed by atoms with E-state index in [-0.39, 0.29) is 0 Å². The summed E-state index contributed by atoms with van der Waals surface area (Å²) in [6.07, 6.45) is 2.68. The third kappa shape index (κ3) is 3.60. The summed E-state index contributed by atoms with van der Waals surface area (Å²) in [4.78, 5) is 0. The Morgan fingerprint density at radius 1 is 1.32 bits per heavy atom. The fourth-order valence-corrected chi connectivity index (χ4v) is 2.39. The second-order valence-corrected chi connectivity index (χ2v) is 5.80. The lowest BCUT2D eigenvalue weighted by Gasteiger charge is -2.14. The van der Waals surface area contributed by atoms with Crippen molar-refractivity contribution in [3.63, 3.8) is 0 Å². The predicted molar refractivity (Wildman–Crippen MR) is 80.6 cm³/mol. The Morgan fingerprint density at radius 3 is 2.74 bits per heavy atom. The number of aryl methyl sites for hydroxylation is 1. The summed E-state index contributed by atoms with van der Waals surface area (Å²) < 4.78 is 8.90. The number of halogens is 1.